The lowest BCUT2D eigenvalue weighted by Gasteiger charge is -2.49. The maximum absolute atomic E-state index is 6.26. The Kier molecular flexibility index (Phi) is 11.2. The van der Waals surface area contributed by atoms with Gasteiger partial charge >= 0.3 is 0 Å². The van der Waals surface area contributed by atoms with Crippen LogP contribution in [-0.4, -0.2) is 4.98 Å². The second-order valence-corrected chi connectivity index (χ2v) is 24.6. The molecule has 2 nitrogen and oxygen atoms in total. The molecule has 422 valence electrons. The molecular weight excluding hydrogens is 1100 g/mol. The predicted molar refractivity (Wildman–Crippen MR) is 375 cm³/mol. The third-order valence-corrected chi connectivity index (χ3v) is 20.2. The molecule has 2 heteroatoms. The first-order chi connectivity index (χ1) is 45.1. The van der Waals surface area contributed by atoms with Crippen molar-refractivity contribution in [1.29, 1.82) is 0 Å². The second-order valence-electron chi connectivity index (χ2n) is 24.6. The zero-order valence-electron chi connectivity index (χ0n) is 49.6. The Morgan fingerprint density at radius 2 is 0.549 bits per heavy atom. The number of hydrogen-bond donors (Lipinski definition) is 0. The molecule has 1 heterocycles. The quantitative estimate of drug-likeness (QED) is 0.149. The summed E-state index contributed by atoms with van der Waals surface area (Å²) in [7, 11) is 0. The van der Waals surface area contributed by atoms with Crippen molar-refractivity contribution in [2.75, 3.05) is 0 Å². The minimum atomic E-state index is -0.629. The summed E-state index contributed by atoms with van der Waals surface area (Å²) in [6, 6.07) is 125. The minimum Gasteiger partial charge on any atom is -0.436 e. The lowest BCUT2D eigenvalue weighted by molar-refractivity contribution is 0.620. The van der Waals surface area contributed by atoms with E-state index in [4.69, 9.17) is 9.40 Å². The van der Waals surface area contributed by atoms with Gasteiger partial charge in [-0.05, 0) is 198 Å². The Labute approximate surface area is 528 Å². The standard InChI is InChI=1S/C89H55NO/c1-3-23-57(24-4-1)63-27-7-9-33-69(63)85-72-51-48-61(54-74(72)86(70-34-10-8-28-64(70)58-25-5-2-6-26-58)71-50-47-60(53-73(71)85)56-43-45-59(46-44-56)87-90-83-41-21-22-42-84(83)91-87)62-49-52-81-82(55-62)89(77-37-17-13-31-67(77)68-32-14-18-38-78(68)89)80-40-20-19-39-79(80)88(81)75-35-15-11-29-65(75)66-30-12-16-36-76(66)88/h1-55H. The monoisotopic (exact) mass is 1150 g/mol. The van der Waals surface area contributed by atoms with E-state index in [1.54, 1.807) is 0 Å². The van der Waals surface area contributed by atoms with Gasteiger partial charge in [-0.3, -0.25) is 0 Å². The van der Waals surface area contributed by atoms with Gasteiger partial charge in [-0.15, -0.1) is 0 Å². The van der Waals surface area contributed by atoms with E-state index < -0.39 is 10.8 Å². The fourth-order valence-electron chi connectivity index (χ4n) is 16.5. The van der Waals surface area contributed by atoms with Gasteiger partial charge in [0.25, 0.3) is 0 Å². The highest BCUT2D eigenvalue weighted by atomic mass is 16.3. The molecule has 2 spiro atoms. The van der Waals surface area contributed by atoms with Crippen molar-refractivity contribution in [2.24, 2.45) is 0 Å². The maximum Gasteiger partial charge on any atom is 0.227 e. The summed E-state index contributed by atoms with van der Waals surface area (Å²) in [6.45, 7) is 0. The molecule has 0 fully saturated rings. The van der Waals surface area contributed by atoms with Gasteiger partial charge in [0, 0.05) is 5.56 Å². The Balaban J connectivity index is 0.905. The van der Waals surface area contributed by atoms with E-state index in [1.807, 2.05) is 24.3 Å². The van der Waals surface area contributed by atoms with Crippen LogP contribution in [0.3, 0.4) is 0 Å². The molecule has 0 atom stereocenters. The summed E-state index contributed by atoms with van der Waals surface area (Å²) in [5.41, 5.74) is 31.1. The molecule has 0 unspecified atom stereocenters. The fourth-order valence-corrected chi connectivity index (χ4v) is 16.5. The van der Waals surface area contributed by atoms with Gasteiger partial charge in [0.2, 0.25) is 5.89 Å². The normalized spacial score (nSPS) is 13.5. The van der Waals surface area contributed by atoms with Crippen molar-refractivity contribution < 1.29 is 4.42 Å². The van der Waals surface area contributed by atoms with Gasteiger partial charge in [-0.25, -0.2) is 4.98 Å². The largest absolute Gasteiger partial charge is 0.436 e. The van der Waals surface area contributed by atoms with Crippen LogP contribution in [0, 0.1) is 0 Å². The second kappa shape index (κ2) is 19.9. The highest BCUT2D eigenvalue weighted by Crippen LogP contribution is 2.68. The molecule has 0 saturated carbocycles. The zero-order chi connectivity index (χ0) is 59.8. The van der Waals surface area contributed by atoms with E-state index in [0.717, 1.165) is 33.4 Å². The van der Waals surface area contributed by atoms with Crippen molar-refractivity contribution >= 4 is 32.6 Å². The van der Waals surface area contributed by atoms with Gasteiger partial charge in [0.15, 0.2) is 5.58 Å². The molecule has 0 N–H and O–H groups in total. The van der Waals surface area contributed by atoms with Crippen LogP contribution >= 0.6 is 0 Å². The van der Waals surface area contributed by atoms with Gasteiger partial charge < -0.3 is 4.42 Å². The van der Waals surface area contributed by atoms with Crippen LogP contribution in [0.2, 0.25) is 0 Å². The average molecular weight is 1150 g/mol. The molecule has 15 aromatic carbocycles. The third-order valence-electron chi connectivity index (χ3n) is 20.2. The molecule has 0 saturated heterocycles. The number of fused-ring (bicyclic) bond motifs is 19. The highest BCUT2D eigenvalue weighted by molar-refractivity contribution is 6.24. The molecule has 19 rings (SSSR count). The summed E-state index contributed by atoms with van der Waals surface area (Å²) in [4.78, 5) is 4.85. The molecule has 1 aromatic heterocycles. The van der Waals surface area contributed by atoms with Crippen LogP contribution in [0.15, 0.2) is 338 Å². The molecular formula is C89H55NO. The first-order valence-electron chi connectivity index (χ1n) is 31.6. The molecule has 0 bridgehead atoms. The van der Waals surface area contributed by atoms with E-state index in [-0.39, 0.29) is 0 Å². The van der Waals surface area contributed by atoms with Crippen molar-refractivity contribution in [3.63, 3.8) is 0 Å². The maximum atomic E-state index is 6.26. The summed E-state index contributed by atoms with van der Waals surface area (Å²) in [5.74, 6) is 0.613. The number of hydrogen-bond acceptors (Lipinski definition) is 2. The minimum absolute atomic E-state index is 0.584. The van der Waals surface area contributed by atoms with Crippen LogP contribution < -0.4 is 0 Å². The van der Waals surface area contributed by atoms with E-state index >= 15 is 0 Å². The number of aromatic nitrogens is 1. The predicted octanol–water partition coefficient (Wildman–Crippen LogP) is 22.8. The molecule has 3 aliphatic carbocycles. The van der Waals surface area contributed by atoms with Crippen molar-refractivity contribution in [2.45, 2.75) is 10.8 Å². The number of para-hydroxylation sites is 2. The zero-order valence-corrected chi connectivity index (χ0v) is 49.6. The number of nitrogens with zero attached hydrogens (tertiary/aromatic N) is 1. The molecule has 91 heavy (non-hydrogen) atoms. The first kappa shape index (κ1) is 51.3. The molecule has 0 amide bonds. The Hall–Kier alpha value is -11.7. The van der Waals surface area contributed by atoms with Gasteiger partial charge in [0.1, 0.15) is 5.52 Å². The smallest absolute Gasteiger partial charge is 0.227 e. The van der Waals surface area contributed by atoms with Gasteiger partial charge in [0.05, 0.1) is 10.8 Å². The SMILES string of the molecule is c1ccc(-c2ccccc2-c2c3ccc(-c4ccc5c(c4)C4(c6ccccc6-c6ccccc64)c4ccccc4C54c5ccccc5-c5ccccc54)cc3c(-c3ccccc3-c3ccccc3)c3ccc(-c4ccc(-c5nc6ccccc6o5)cc4)cc23)cc1. The van der Waals surface area contributed by atoms with Crippen molar-refractivity contribution in [3.8, 4) is 100 Å². The summed E-state index contributed by atoms with van der Waals surface area (Å²) < 4.78 is 6.26. The van der Waals surface area contributed by atoms with E-state index in [9.17, 15) is 0 Å². The van der Waals surface area contributed by atoms with Crippen LogP contribution in [0.5, 0.6) is 0 Å². The van der Waals surface area contributed by atoms with Crippen molar-refractivity contribution in [3.05, 3.63) is 378 Å². The average Bonchev–Trinajstić information content (AvgIpc) is 1.56. The molecule has 3 aliphatic rings. The van der Waals surface area contributed by atoms with Crippen molar-refractivity contribution in [1.82, 2.24) is 4.98 Å². The van der Waals surface area contributed by atoms with Crippen LogP contribution in [0.1, 0.15) is 44.5 Å². The lowest BCUT2D eigenvalue weighted by Crippen LogP contribution is -2.43. The van der Waals surface area contributed by atoms with E-state index in [1.165, 1.54) is 138 Å². The first-order valence-corrected chi connectivity index (χ1v) is 31.6. The van der Waals surface area contributed by atoms with Crippen LogP contribution in [0.4, 0.5) is 0 Å². The number of oxazole rings is 1. The van der Waals surface area contributed by atoms with E-state index in [2.05, 4.69) is 309 Å². The van der Waals surface area contributed by atoms with Crippen LogP contribution in [0.25, 0.3) is 133 Å². The fraction of sp³-hybridized carbons (Fsp3) is 0.0225. The summed E-state index contributed by atoms with van der Waals surface area (Å²) >= 11 is 0. The molecule has 0 radical (unpaired) electrons. The Morgan fingerprint density at radius 1 is 0.209 bits per heavy atom. The summed E-state index contributed by atoms with van der Waals surface area (Å²) in [6.07, 6.45) is 0. The third kappa shape index (κ3) is 7.33. The molecule has 16 aromatic rings. The lowest BCUT2D eigenvalue weighted by atomic mass is 9.52. The number of rotatable bonds is 7. The Bertz CT molecular complexity index is 5530. The van der Waals surface area contributed by atoms with Gasteiger partial charge in [-0.1, -0.05) is 291 Å². The molecule has 0 aliphatic heterocycles. The highest BCUT2D eigenvalue weighted by Gasteiger charge is 2.59. The van der Waals surface area contributed by atoms with Gasteiger partial charge in [-0.2, -0.15) is 0 Å². The Morgan fingerprint density at radius 3 is 1.03 bits per heavy atom. The summed E-state index contributed by atoms with van der Waals surface area (Å²) in [5, 5.41) is 4.73. The van der Waals surface area contributed by atoms with E-state index in [0.29, 0.717) is 5.89 Å². The van der Waals surface area contributed by atoms with Crippen LogP contribution in [-0.2, 0) is 10.8 Å². The topological polar surface area (TPSA) is 26.0 Å². The number of benzene rings is 15.